The predicted molar refractivity (Wildman–Crippen MR) is 109 cm³/mol. The molecule has 0 unspecified atom stereocenters. The molecule has 1 saturated heterocycles. The van der Waals surface area contributed by atoms with E-state index in [9.17, 15) is 19.7 Å². The fraction of sp³-hybridized carbons (Fsp3) is 0.619. The van der Waals surface area contributed by atoms with Crippen LogP contribution < -0.4 is 10.2 Å². The molecule has 1 N–H and O–H groups in total. The maximum Gasteiger partial charge on any atom is 0.339 e. The van der Waals surface area contributed by atoms with E-state index in [-0.39, 0.29) is 23.2 Å². The third-order valence-corrected chi connectivity index (χ3v) is 5.71. The van der Waals surface area contributed by atoms with Gasteiger partial charge in [-0.3, -0.25) is 14.9 Å². The summed E-state index contributed by atoms with van der Waals surface area (Å²) < 4.78 is 5.26. The number of esters is 1. The van der Waals surface area contributed by atoms with Gasteiger partial charge < -0.3 is 15.0 Å². The lowest BCUT2D eigenvalue weighted by Gasteiger charge is -2.22. The normalized spacial score (nSPS) is 18.7. The standard InChI is InChI=1S/C21H29N3O5/c1-15(20(25)22-17-8-4-5-9-17)29-21(26)16-10-11-18(19(14-16)24(27)28)23-12-6-2-3-7-13-23/h10-11,14-15,17H,2-9,12-13H2,1H3,(H,22,25)/t15-/m1/s1. The highest BCUT2D eigenvalue weighted by Crippen LogP contribution is 2.31. The minimum Gasteiger partial charge on any atom is -0.449 e. The minimum atomic E-state index is -0.951. The third-order valence-electron chi connectivity index (χ3n) is 5.71. The van der Waals surface area contributed by atoms with E-state index in [1.54, 1.807) is 6.07 Å². The van der Waals surface area contributed by atoms with Crippen LogP contribution in [0.25, 0.3) is 0 Å². The Morgan fingerprint density at radius 2 is 1.79 bits per heavy atom. The lowest BCUT2D eigenvalue weighted by atomic mass is 10.1. The molecule has 0 aromatic heterocycles. The molecule has 1 amide bonds. The molecular formula is C21H29N3O5. The summed E-state index contributed by atoms with van der Waals surface area (Å²) >= 11 is 0. The molecule has 2 aliphatic rings. The average molecular weight is 403 g/mol. The van der Waals surface area contributed by atoms with Crippen LogP contribution in [-0.2, 0) is 9.53 Å². The van der Waals surface area contributed by atoms with E-state index >= 15 is 0 Å². The first kappa shape index (κ1) is 21.1. The fourth-order valence-corrected chi connectivity index (χ4v) is 4.05. The number of carbonyl (C=O) groups is 2. The van der Waals surface area contributed by atoms with Crippen molar-refractivity contribution in [3.05, 3.63) is 33.9 Å². The first-order chi connectivity index (χ1) is 14.0. The Hall–Kier alpha value is -2.64. The van der Waals surface area contributed by atoms with Crippen LogP contribution in [0.4, 0.5) is 11.4 Å². The summed E-state index contributed by atoms with van der Waals surface area (Å²) in [7, 11) is 0. The molecule has 8 nitrogen and oxygen atoms in total. The van der Waals surface area contributed by atoms with Crippen molar-refractivity contribution < 1.29 is 19.2 Å². The number of carbonyl (C=O) groups excluding carboxylic acids is 2. The molecule has 158 valence electrons. The zero-order valence-electron chi connectivity index (χ0n) is 16.9. The number of nitrogens with one attached hydrogen (secondary N) is 1. The Balaban J connectivity index is 1.68. The minimum absolute atomic E-state index is 0.0794. The van der Waals surface area contributed by atoms with Gasteiger partial charge in [0, 0.05) is 25.2 Å². The second kappa shape index (κ2) is 9.71. The Kier molecular flexibility index (Phi) is 7.06. The van der Waals surface area contributed by atoms with Crippen LogP contribution in [-0.4, -0.2) is 42.0 Å². The van der Waals surface area contributed by atoms with E-state index in [0.717, 1.165) is 64.5 Å². The summed E-state index contributed by atoms with van der Waals surface area (Å²) in [4.78, 5) is 37.9. The number of hydrogen-bond donors (Lipinski definition) is 1. The maximum atomic E-state index is 12.5. The second-order valence-electron chi connectivity index (χ2n) is 7.90. The van der Waals surface area contributed by atoms with Crippen LogP contribution in [0.15, 0.2) is 18.2 Å². The van der Waals surface area contributed by atoms with Gasteiger partial charge >= 0.3 is 5.97 Å². The monoisotopic (exact) mass is 403 g/mol. The molecule has 2 fully saturated rings. The van der Waals surface area contributed by atoms with Gasteiger partial charge in [0.25, 0.3) is 11.6 Å². The predicted octanol–water partition coefficient (Wildman–Crippen LogP) is 3.58. The molecule has 3 rings (SSSR count). The van der Waals surface area contributed by atoms with E-state index in [4.69, 9.17) is 4.74 Å². The molecule has 0 radical (unpaired) electrons. The molecule has 29 heavy (non-hydrogen) atoms. The molecular weight excluding hydrogens is 374 g/mol. The quantitative estimate of drug-likeness (QED) is 0.442. The summed E-state index contributed by atoms with van der Waals surface area (Å²) in [5.74, 6) is -1.06. The first-order valence-electron chi connectivity index (χ1n) is 10.5. The Bertz CT molecular complexity index is 753. The van der Waals surface area contributed by atoms with Crippen molar-refractivity contribution in [3.8, 4) is 0 Å². The summed E-state index contributed by atoms with van der Waals surface area (Å²) in [6, 6.07) is 4.54. The topological polar surface area (TPSA) is 102 Å². The summed E-state index contributed by atoms with van der Waals surface area (Å²) in [6.45, 7) is 3.05. The van der Waals surface area contributed by atoms with Crippen LogP contribution in [0.3, 0.4) is 0 Å². The molecule has 1 aliphatic carbocycles. The molecule has 0 spiro atoms. The molecule has 1 atom stereocenters. The van der Waals surface area contributed by atoms with Crippen molar-refractivity contribution in [1.29, 1.82) is 0 Å². The van der Waals surface area contributed by atoms with E-state index in [0.29, 0.717) is 5.69 Å². The largest absolute Gasteiger partial charge is 0.449 e. The molecule has 1 heterocycles. The van der Waals surface area contributed by atoms with Gasteiger partial charge in [-0.1, -0.05) is 25.7 Å². The van der Waals surface area contributed by atoms with Gasteiger partial charge in [0.2, 0.25) is 0 Å². The van der Waals surface area contributed by atoms with Gasteiger partial charge in [0.15, 0.2) is 6.10 Å². The number of nitrogens with zero attached hydrogens (tertiary/aromatic N) is 2. The van der Waals surface area contributed by atoms with Crippen LogP contribution >= 0.6 is 0 Å². The molecule has 1 aromatic rings. The smallest absolute Gasteiger partial charge is 0.339 e. The fourth-order valence-electron chi connectivity index (χ4n) is 4.05. The van der Waals surface area contributed by atoms with Gasteiger partial charge in [-0.15, -0.1) is 0 Å². The van der Waals surface area contributed by atoms with Crippen molar-refractivity contribution in [2.24, 2.45) is 0 Å². The van der Waals surface area contributed by atoms with E-state index < -0.39 is 17.0 Å². The van der Waals surface area contributed by atoms with E-state index in [2.05, 4.69) is 5.32 Å². The Morgan fingerprint density at radius 3 is 2.41 bits per heavy atom. The first-order valence-corrected chi connectivity index (χ1v) is 10.5. The van der Waals surface area contributed by atoms with Gasteiger partial charge in [-0.2, -0.15) is 0 Å². The molecule has 0 bridgehead atoms. The number of benzene rings is 1. The van der Waals surface area contributed by atoms with Crippen molar-refractivity contribution >= 4 is 23.3 Å². The van der Waals surface area contributed by atoms with Crippen molar-refractivity contribution in [2.75, 3.05) is 18.0 Å². The van der Waals surface area contributed by atoms with E-state index in [1.807, 2.05) is 4.90 Å². The van der Waals surface area contributed by atoms with Crippen LogP contribution in [0.1, 0.15) is 68.6 Å². The zero-order valence-corrected chi connectivity index (χ0v) is 16.9. The van der Waals surface area contributed by atoms with Crippen molar-refractivity contribution in [2.45, 2.75) is 70.4 Å². The number of rotatable bonds is 6. The number of anilines is 1. The Labute approximate surface area is 170 Å². The van der Waals surface area contributed by atoms with Crippen molar-refractivity contribution in [3.63, 3.8) is 0 Å². The third kappa shape index (κ3) is 5.46. The van der Waals surface area contributed by atoms with Gasteiger partial charge in [-0.05, 0) is 44.7 Å². The SMILES string of the molecule is C[C@@H](OC(=O)c1ccc(N2CCCCCC2)c([N+](=O)[O-])c1)C(=O)NC1CCCC1. The molecule has 1 aliphatic heterocycles. The van der Waals surface area contributed by atoms with E-state index in [1.165, 1.54) is 19.1 Å². The molecule has 1 saturated carbocycles. The number of amides is 1. The van der Waals surface area contributed by atoms with Gasteiger partial charge in [0.1, 0.15) is 5.69 Å². The highest BCUT2D eigenvalue weighted by Gasteiger charge is 2.26. The lowest BCUT2D eigenvalue weighted by Crippen LogP contribution is -2.40. The molecule has 8 heteroatoms. The second-order valence-corrected chi connectivity index (χ2v) is 7.90. The van der Waals surface area contributed by atoms with Gasteiger partial charge in [-0.25, -0.2) is 4.79 Å². The van der Waals surface area contributed by atoms with Crippen LogP contribution in [0.2, 0.25) is 0 Å². The highest BCUT2D eigenvalue weighted by molar-refractivity contribution is 5.93. The molecule has 1 aromatic carbocycles. The number of ether oxygens (including phenoxy) is 1. The Morgan fingerprint density at radius 1 is 1.14 bits per heavy atom. The lowest BCUT2D eigenvalue weighted by molar-refractivity contribution is -0.384. The van der Waals surface area contributed by atoms with Crippen LogP contribution in [0.5, 0.6) is 0 Å². The summed E-state index contributed by atoms with van der Waals surface area (Å²) in [5.41, 5.74) is 0.501. The number of nitro groups is 1. The zero-order chi connectivity index (χ0) is 20.8. The summed E-state index contributed by atoms with van der Waals surface area (Å²) in [5, 5.41) is 14.5. The van der Waals surface area contributed by atoms with Crippen molar-refractivity contribution in [1.82, 2.24) is 5.32 Å². The maximum absolute atomic E-state index is 12.5. The van der Waals surface area contributed by atoms with Crippen LogP contribution in [0, 0.1) is 10.1 Å². The highest BCUT2D eigenvalue weighted by atomic mass is 16.6. The number of hydrogen-bond acceptors (Lipinski definition) is 6. The number of nitro benzene ring substituents is 1. The summed E-state index contributed by atoms with van der Waals surface area (Å²) in [6.07, 6.45) is 7.34. The average Bonchev–Trinajstić information content (AvgIpc) is 3.06. The van der Waals surface area contributed by atoms with Gasteiger partial charge in [0.05, 0.1) is 10.5 Å².